The molecule has 2 N–H and O–H groups in total. The summed E-state index contributed by atoms with van der Waals surface area (Å²) in [6, 6.07) is 8.71. The highest BCUT2D eigenvalue weighted by Crippen LogP contribution is 2.38. The van der Waals surface area contributed by atoms with Crippen LogP contribution in [-0.4, -0.2) is 19.5 Å². The average Bonchev–Trinajstić information content (AvgIpc) is 3.10. The Balaban J connectivity index is 1.62. The lowest BCUT2D eigenvalue weighted by molar-refractivity contribution is -0.885. The Bertz CT molecular complexity index is 847. The first-order valence-corrected chi connectivity index (χ1v) is 9.51. The summed E-state index contributed by atoms with van der Waals surface area (Å²) in [5.74, 6) is -0.0290. The van der Waals surface area contributed by atoms with Crippen molar-refractivity contribution in [2.75, 3.05) is 18.9 Å². The highest BCUT2D eigenvalue weighted by Gasteiger charge is 2.23. The smallest absolute Gasteiger partial charge is 0.280 e. The molecular formula is C20H24N3OS+. The maximum atomic E-state index is 12.4. The quantitative estimate of drug-likeness (QED) is 0.866. The first-order valence-electron chi connectivity index (χ1n) is 8.70. The second kappa shape index (κ2) is 7.38. The van der Waals surface area contributed by atoms with Crippen molar-refractivity contribution in [3.63, 3.8) is 0 Å². The van der Waals surface area contributed by atoms with Crippen LogP contribution in [0.2, 0.25) is 0 Å². The number of hydrogen-bond donors (Lipinski definition) is 2. The summed E-state index contributed by atoms with van der Waals surface area (Å²) in [6.45, 7) is 5.40. The molecule has 1 aromatic heterocycles. The Morgan fingerprint density at radius 2 is 2.16 bits per heavy atom. The minimum atomic E-state index is -0.0290. The van der Waals surface area contributed by atoms with Crippen LogP contribution >= 0.6 is 11.3 Å². The molecule has 1 aliphatic rings. The number of carbonyl (C=O) groups is 1. The predicted octanol–water partition coefficient (Wildman–Crippen LogP) is 2.38. The number of hydrogen-bond acceptors (Lipinski definition) is 3. The van der Waals surface area contributed by atoms with Crippen molar-refractivity contribution >= 4 is 22.2 Å². The number of nitrogens with zero attached hydrogens (tertiary/aromatic N) is 1. The van der Waals surface area contributed by atoms with Gasteiger partial charge in [-0.25, -0.2) is 0 Å². The van der Waals surface area contributed by atoms with Crippen molar-refractivity contribution in [2.45, 2.75) is 39.7 Å². The van der Waals surface area contributed by atoms with Crippen LogP contribution in [-0.2, 0) is 24.2 Å². The van der Waals surface area contributed by atoms with Gasteiger partial charge in [-0.3, -0.25) is 4.79 Å². The lowest BCUT2D eigenvalue weighted by Gasteiger charge is -2.15. The summed E-state index contributed by atoms with van der Waals surface area (Å²) < 4.78 is 0. The van der Waals surface area contributed by atoms with Gasteiger partial charge < -0.3 is 10.2 Å². The van der Waals surface area contributed by atoms with Gasteiger partial charge in [0.25, 0.3) is 5.91 Å². The van der Waals surface area contributed by atoms with Gasteiger partial charge in [-0.05, 0) is 44.2 Å². The van der Waals surface area contributed by atoms with E-state index in [9.17, 15) is 10.1 Å². The van der Waals surface area contributed by atoms with E-state index < -0.39 is 0 Å². The van der Waals surface area contributed by atoms with E-state index in [4.69, 9.17) is 0 Å². The second-order valence-electron chi connectivity index (χ2n) is 6.96. The van der Waals surface area contributed by atoms with Crippen LogP contribution in [0.1, 0.15) is 39.1 Å². The van der Waals surface area contributed by atoms with Crippen molar-refractivity contribution in [3.8, 4) is 6.07 Å². The van der Waals surface area contributed by atoms with Crippen LogP contribution in [0.3, 0.4) is 0 Å². The number of nitrogens with one attached hydrogen (secondary N) is 2. The molecule has 0 saturated carbocycles. The Labute approximate surface area is 153 Å². The van der Waals surface area contributed by atoms with Crippen LogP contribution in [0.4, 0.5) is 5.00 Å². The lowest BCUT2D eigenvalue weighted by Crippen LogP contribution is -3.08. The molecule has 2 aromatic rings. The topological polar surface area (TPSA) is 57.3 Å². The number of likely N-dealkylation sites (N-methyl/N-ethyl adjacent to an activating group) is 1. The zero-order valence-corrected chi connectivity index (χ0v) is 15.8. The van der Waals surface area contributed by atoms with Gasteiger partial charge in [0, 0.05) is 10.4 Å². The molecule has 3 rings (SSSR count). The van der Waals surface area contributed by atoms with Gasteiger partial charge in [0.1, 0.15) is 17.6 Å². The summed E-state index contributed by atoms with van der Waals surface area (Å²) in [7, 11) is 2.03. The van der Waals surface area contributed by atoms with Crippen LogP contribution in [0.15, 0.2) is 18.2 Å². The Hall–Kier alpha value is -2.16. The molecule has 4 nitrogen and oxygen atoms in total. The second-order valence-corrected chi connectivity index (χ2v) is 8.07. The van der Waals surface area contributed by atoms with E-state index in [0.717, 1.165) is 41.3 Å². The number of rotatable bonds is 5. The third kappa shape index (κ3) is 3.92. The molecule has 1 unspecified atom stereocenters. The number of anilines is 1. The van der Waals surface area contributed by atoms with E-state index >= 15 is 0 Å². The van der Waals surface area contributed by atoms with E-state index in [1.54, 1.807) is 11.3 Å². The van der Waals surface area contributed by atoms with E-state index in [1.807, 2.05) is 7.05 Å². The molecule has 1 aromatic carbocycles. The molecule has 0 radical (unpaired) electrons. The fourth-order valence-electron chi connectivity index (χ4n) is 3.49. The van der Waals surface area contributed by atoms with Gasteiger partial charge in [-0.1, -0.05) is 23.8 Å². The lowest BCUT2D eigenvalue weighted by atomic mass is 10.1. The molecule has 0 bridgehead atoms. The minimum Gasteiger partial charge on any atom is -0.326 e. The molecular weight excluding hydrogens is 330 g/mol. The molecule has 1 amide bonds. The van der Waals surface area contributed by atoms with Crippen molar-refractivity contribution in [3.05, 3.63) is 50.9 Å². The highest BCUT2D eigenvalue weighted by atomic mass is 32.1. The third-order valence-corrected chi connectivity index (χ3v) is 5.95. The van der Waals surface area contributed by atoms with Gasteiger partial charge in [0.15, 0.2) is 6.54 Å². The van der Waals surface area contributed by atoms with Gasteiger partial charge in [0.05, 0.1) is 12.6 Å². The number of nitriles is 1. The molecule has 130 valence electrons. The average molecular weight is 354 g/mol. The first-order chi connectivity index (χ1) is 12.0. The number of carbonyl (C=O) groups excluding carboxylic acids is 1. The fraction of sp³-hybridized carbons (Fsp3) is 0.400. The third-order valence-electron chi connectivity index (χ3n) is 4.74. The van der Waals surface area contributed by atoms with Crippen LogP contribution < -0.4 is 10.2 Å². The Morgan fingerprint density at radius 1 is 1.36 bits per heavy atom. The highest BCUT2D eigenvalue weighted by molar-refractivity contribution is 7.16. The first kappa shape index (κ1) is 17.7. The molecule has 1 aliphatic carbocycles. The normalized spacial score (nSPS) is 14.0. The zero-order valence-electron chi connectivity index (χ0n) is 15.0. The van der Waals surface area contributed by atoms with Crippen molar-refractivity contribution in [1.82, 2.24) is 0 Å². The van der Waals surface area contributed by atoms with E-state index in [1.165, 1.54) is 21.6 Å². The molecule has 25 heavy (non-hydrogen) atoms. The minimum absolute atomic E-state index is 0.0290. The van der Waals surface area contributed by atoms with Gasteiger partial charge in [-0.2, -0.15) is 5.26 Å². The molecule has 0 saturated heterocycles. The molecule has 0 fully saturated rings. The maximum Gasteiger partial charge on any atom is 0.280 e. The number of quaternary nitrogens is 1. The summed E-state index contributed by atoms with van der Waals surface area (Å²) >= 11 is 1.57. The molecule has 1 heterocycles. The number of aryl methyl sites for hydroxylation is 3. The molecule has 0 spiro atoms. The van der Waals surface area contributed by atoms with Gasteiger partial charge >= 0.3 is 0 Å². The van der Waals surface area contributed by atoms with Crippen LogP contribution in [0, 0.1) is 25.2 Å². The monoisotopic (exact) mass is 354 g/mol. The number of thiophene rings is 1. The van der Waals surface area contributed by atoms with Crippen molar-refractivity contribution in [1.29, 1.82) is 5.26 Å². The largest absolute Gasteiger partial charge is 0.326 e. The zero-order chi connectivity index (χ0) is 18.0. The molecule has 0 aliphatic heterocycles. The summed E-state index contributed by atoms with van der Waals surface area (Å²) in [5.41, 5.74) is 5.62. The number of amides is 1. The van der Waals surface area contributed by atoms with Crippen molar-refractivity contribution in [2.24, 2.45) is 0 Å². The van der Waals surface area contributed by atoms with Gasteiger partial charge in [-0.15, -0.1) is 11.3 Å². The Morgan fingerprint density at radius 3 is 2.88 bits per heavy atom. The molecule has 5 heteroatoms. The van der Waals surface area contributed by atoms with Crippen LogP contribution in [0.5, 0.6) is 0 Å². The standard InChI is InChI=1S/C20H23N3OS/c1-13-7-8-15(14(2)9-13)11-23(3)12-19(24)22-20-17(10-21)16-5-4-6-18(16)25-20/h7-9H,4-6,11-12H2,1-3H3,(H,22,24)/p+1. The number of fused-ring (bicyclic) bond motifs is 1. The van der Waals surface area contributed by atoms with E-state index in [0.29, 0.717) is 12.1 Å². The number of benzene rings is 1. The maximum absolute atomic E-state index is 12.4. The van der Waals surface area contributed by atoms with Crippen molar-refractivity contribution < 1.29 is 9.69 Å². The molecule has 1 atom stereocenters. The summed E-state index contributed by atoms with van der Waals surface area (Å²) in [6.07, 6.45) is 3.11. The van der Waals surface area contributed by atoms with E-state index in [-0.39, 0.29) is 5.91 Å². The predicted molar refractivity (Wildman–Crippen MR) is 101 cm³/mol. The van der Waals surface area contributed by atoms with E-state index in [2.05, 4.69) is 43.4 Å². The van der Waals surface area contributed by atoms with Crippen LogP contribution in [0.25, 0.3) is 0 Å². The summed E-state index contributed by atoms with van der Waals surface area (Å²) in [4.78, 5) is 14.8. The fourth-order valence-corrected chi connectivity index (χ4v) is 4.74. The van der Waals surface area contributed by atoms with Gasteiger partial charge in [0.2, 0.25) is 0 Å². The summed E-state index contributed by atoms with van der Waals surface area (Å²) in [5, 5.41) is 13.1. The Kier molecular flexibility index (Phi) is 5.22. The SMILES string of the molecule is Cc1ccc(C[NH+](C)CC(=O)Nc2sc3c(c2C#N)CCC3)c(C)c1.